The van der Waals surface area contributed by atoms with Crippen LogP contribution in [0.3, 0.4) is 0 Å². The van der Waals surface area contributed by atoms with Crippen LogP contribution in [0.15, 0.2) is 47.6 Å². The minimum atomic E-state index is -4.58. The molecule has 0 aromatic heterocycles. The van der Waals surface area contributed by atoms with Gasteiger partial charge in [0, 0.05) is 10.6 Å². The van der Waals surface area contributed by atoms with Crippen LogP contribution in [0.5, 0.6) is 0 Å². The van der Waals surface area contributed by atoms with Crippen LogP contribution in [0.2, 0.25) is 5.02 Å². The molecule has 0 spiro atoms. The fourth-order valence-corrected chi connectivity index (χ4v) is 3.37. The number of hydrazone groups is 1. The number of alkyl halides is 3. The van der Waals surface area contributed by atoms with Gasteiger partial charge >= 0.3 is 6.18 Å². The van der Waals surface area contributed by atoms with Gasteiger partial charge in [0.1, 0.15) is 6.54 Å². The number of sulfonamides is 1. The highest BCUT2D eigenvalue weighted by molar-refractivity contribution is 7.92. The molecule has 0 saturated carbocycles. The van der Waals surface area contributed by atoms with Crippen LogP contribution in [0.25, 0.3) is 0 Å². The maximum atomic E-state index is 13.0. The van der Waals surface area contributed by atoms with Crippen molar-refractivity contribution in [3.8, 4) is 0 Å². The third kappa shape index (κ3) is 6.20. The number of carbonyl (C=O) groups excluding carboxylic acids is 1. The van der Waals surface area contributed by atoms with E-state index in [1.54, 1.807) is 13.0 Å². The number of halogens is 4. The summed E-state index contributed by atoms with van der Waals surface area (Å²) in [5, 5.41) is 3.82. The number of amides is 1. The molecule has 0 aliphatic carbocycles. The second kappa shape index (κ2) is 8.83. The number of hydrogen-bond acceptors (Lipinski definition) is 4. The summed E-state index contributed by atoms with van der Waals surface area (Å²) in [7, 11) is -3.83. The molecule has 0 aliphatic rings. The van der Waals surface area contributed by atoms with E-state index in [4.69, 9.17) is 11.6 Å². The Bertz CT molecular complexity index is 1040. The lowest BCUT2D eigenvalue weighted by molar-refractivity contribution is -0.137. The van der Waals surface area contributed by atoms with Gasteiger partial charge in [-0.25, -0.2) is 13.8 Å². The molecular formula is C18H17ClF3N3O3S. The summed E-state index contributed by atoms with van der Waals surface area (Å²) >= 11 is 6.01. The molecule has 1 amide bonds. The molecule has 11 heteroatoms. The molecule has 2 aromatic carbocycles. The predicted molar refractivity (Wildman–Crippen MR) is 106 cm³/mol. The molecule has 0 saturated heterocycles. The maximum Gasteiger partial charge on any atom is 0.417 e. The first-order valence-electron chi connectivity index (χ1n) is 8.11. The van der Waals surface area contributed by atoms with E-state index >= 15 is 0 Å². The highest BCUT2D eigenvalue weighted by Gasteiger charge is 2.32. The number of aryl methyl sites for hydroxylation is 1. The third-order valence-electron chi connectivity index (χ3n) is 3.79. The van der Waals surface area contributed by atoms with Gasteiger partial charge in [-0.1, -0.05) is 35.9 Å². The van der Waals surface area contributed by atoms with Gasteiger partial charge < -0.3 is 0 Å². The van der Waals surface area contributed by atoms with Crippen molar-refractivity contribution < 1.29 is 26.4 Å². The van der Waals surface area contributed by atoms with Gasteiger partial charge in [-0.05, 0) is 30.7 Å². The van der Waals surface area contributed by atoms with Crippen LogP contribution in [-0.4, -0.2) is 33.3 Å². The molecule has 0 atom stereocenters. The van der Waals surface area contributed by atoms with Gasteiger partial charge in [0.2, 0.25) is 10.0 Å². The van der Waals surface area contributed by atoms with Crippen molar-refractivity contribution >= 4 is 39.4 Å². The fourth-order valence-electron chi connectivity index (χ4n) is 2.34. The van der Waals surface area contributed by atoms with Crippen molar-refractivity contribution in [3.05, 3.63) is 64.2 Å². The Balaban J connectivity index is 2.16. The smallest absolute Gasteiger partial charge is 0.271 e. The average molecular weight is 448 g/mol. The first kappa shape index (κ1) is 22.7. The Morgan fingerprint density at radius 1 is 1.24 bits per heavy atom. The van der Waals surface area contributed by atoms with Gasteiger partial charge in [-0.15, -0.1) is 0 Å². The van der Waals surface area contributed by atoms with Crippen molar-refractivity contribution in [3.63, 3.8) is 0 Å². The molecule has 0 bridgehead atoms. The quantitative estimate of drug-likeness (QED) is 0.543. The highest BCUT2D eigenvalue weighted by Crippen LogP contribution is 2.31. The Kier molecular flexibility index (Phi) is 6.91. The van der Waals surface area contributed by atoms with Crippen molar-refractivity contribution in [2.75, 3.05) is 17.1 Å². The summed E-state index contributed by atoms with van der Waals surface area (Å²) in [5.41, 5.74) is 1.77. The van der Waals surface area contributed by atoms with Gasteiger partial charge in [0.25, 0.3) is 5.91 Å². The Hall–Kier alpha value is -2.59. The molecule has 0 unspecified atom stereocenters. The van der Waals surface area contributed by atoms with Crippen LogP contribution in [-0.2, 0) is 21.0 Å². The van der Waals surface area contributed by atoms with Crippen LogP contribution in [0.1, 0.15) is 16.7 Å². The first-order valence-corrected chi connectivity index (χ1v) is 10.3. The van der Waals surface area contributed by atoms with E-state index in [1.165, 1.54) is 30.3 Å². The third-order valence-corrected chi connectivity index (χ3v) is 5.34. The molecule has 2 rings (SSSR count). The molecule has 156 valence electrons. The van der Waals surface area contributed by atoms with Gasteiger partial charge in [-0.2, -0.15) is 18.3 Å². The molecule has 0 fully saturated rings. The lowest BCUT2D eigenvalue weighted by Gasteiger charge is -2.21. The van der Waals surface area contributed by atoms with E-state index in [1.807, 2.05) is 5.43 Å². The zero-order valence-corrected chi connectivity index (χ0v) is 16.9. The van der Waals surface area contributed by atoms with Crippen molar-refractivity contribution in [1.82, 2.24) is 5.43 Å². The lowest BCUT2D eigenvalue weighted by Crippen LogP contribution is -2.39. The minimum Gasteiger partial charge on any atom is -0.271 e. The standard InChI is InChI=1S/C18H17ClF3N3O3S/c1-12-7-8-14(9-16(12)19)25(29(2,27)28)11-17(26)24-23-10-13-5-3-4-6-15(13)18(20,21)22/h3-10H,11H2,1-2H3,(H,24,26)/b23-10-. The second-order valence-electron chi connectivity index (χ2n) is 6.08. The number of nitrogens with zero attached hydrogens (tertiary/aromatic N) is 2. The van der Waals surface area contributed by atoms with Crippen LogP contribution >= 0.6 is 11.6 Å². The van der Waals surface area contributed by atoms with E-state index in [0.717, 1.165) is 28.4 Å². The number of hydrogen-bond donors (Lipinski definition) is 1. The van der Waals surface area contributed by atoms with Crippen LogP contribution in [0.4, 0.5) is 18.9 Å². The highest BCUT2D eigenvalue weighted by atomic mass is 35.5. The number of nitrogens with one attached hydrogen (secondary N) is 1. The van der Waals surface area contributed by atoms with Gasteiger partial charge in [0.15, 0.2) is 0 Å². The Morgan fingerprint density at radius 2 is 1.90 bits per heavy atom. The van der Waals surface area contributed by atoms with Crippen LogP contribution < -0.4 is 9.73 Å². The number of carbonyl (C=O) groups is 1. The number of rotatable bonds is 6. The fraction of sp³-hybridized carbons (Fsp3) is 0.222. The molecular weight excluding hydrogens is 431 g/mol. The van der Waals surface area contributed by atoms with E-state index in [0.29, 0.717) is 5.02 Å². The van der Waals surface area contributed by atoms with Crippen molar-refractivity contribution in [2.24, 2.45) is 5.10 Å². The second-order valence-corrected chi connectivity index (χ2v) is 8.40. The SMILES string of the molecule is Cc1ccc(N(CC(=O)N/N=C\c2ccccc2C(F)(F)F)S(C)(=O)=O)cc1Cl. The topological polar surface area (TPSA) is 78.8 Å². The molecule has 0 radical (unpaired) electrons. The summed E-state index contributed by atoms with van der Waals surface area (Å²) in [6, 6.07) is 9.18. The lowest BCUT2D eigenvalue weighted by atomic mass is 10.1. The summed E-state index contributed by atoms with van der Waals surface area (Å²) in [5.74, 6) is -0.840. The molecule has 29 heavy (non-hydrogen) atoms. The molecule has 2 aromatic rings. The van der Waals surface area contributed by atoms with Crippen molar-refractivity contribution in [1.29, 1.82) is 0 Å². The summed E-state index contributed by atoms with van der Waals surface area (Å²) in [4.78, 5) is 12.1. The van der Waals surface area contributed by atoms with E-state index in [9.17, 15) is 26.4 Å². The van der Waals surface area contributed by atoms with Gasteiger partial charge in [-0.3, -0.25) is 9.10 Å². The number of anilines is 1. The average Bonchev–Trinajstić information content (AvgIpc) is 2.61. The molecule has 0 aliphatic heterocycles. The minimum absolute atomic E-state index is 0.171. The maximum absolute atomic E-state index is 13.0. The Morgan fingerprint density at radius 3 is 2.48 bits per heavy atom. The van der Waals surface area contributed by atoms with Crippen LogP contribution in [0, 0.1) is 6.92 Å². The van der Waals surface area contributed by atoms with E-state index in [-0.39, 0.29) is 11.3 Å². The summed E-state index contributed by atoms with van der Waals surface area (Å²) in [6.07, 6.45) is -2.82. The summed E-state index contributed by atoms with van der Waals surface area (Å²) in [6.45, 7) is 1.10. The Labute approximate surface area is 171 Å². The predicted octanol–water partition coefficient (Wildman–Crippen LogP) is 3.58. The number of benzene rings is 2. The van der Waals surface area contributed by atoms with Gasteiger partial charge in [0.05, 0.1) is 23.7 Å². The monoisotopic (exact) mass is 447 g/mol. The normalized spacial score (nSPS) is 12.2. The van der Waals surface area contributed by atoms with E-state index < -0.39 is 34.2 Å². The largest absolute Gasteiger partial charge is 0.417 e. The van der Waals surface area contributed by atoms with Crippen molar-refractivity contribution in [2.45, 2.75) is 13.1 Å². The molecule has 0 heterocycles. The molecule has 6 nitrogen and oxygen atoms in total. The van der Waals surface area contributed by atoms with E-state index in [2.05, 4.69) is 5.10 Å². The zero-order valence-electron chi connectivity index (χ0n) is 15.4. The molecule has 1 N–H and O–H groups in total. The summed E-state index contributed by atoms with van der Waals surface area (Å²) < 4.78 is 63.8. The zero-order chi connectivity index (χ0) is 21.8. The first-order chi connectivity index (χ1) is 13.4.